The van der Waals surface area contributed by atoms with E-state index in [4.69, 9.17) is 13.7 Å². The number of carbonyl (C=O) groups is 2. The summed E-state index contributed by atoms with van der Waals surface area (Å²) in [6.45, 7) is 8.99. The van der Waals surface area contributed by atoms with Crippen LogP contribution in [0, 0.1) is 11.8 Å². The summed E-state index contributed by atoms with van der Waals surface area (Å²) in [5.74, 6) is 1.13. The lowest BCUT2D eigenvalue weighted by atomic mass is 9.83. The summed E-state index contributed by atoms with van der Waals surface area (Å²) in [6, 6.07) is 0. The second kappa shape index (κ2) is 7.09. The molecule has 0 aromatic carbocycles. The predicted octanol–water partition coefficient (Wildman–Crippen LogP) is 2.69. The molecule has 0 amide bonds. The number of esters is 2. The average molecular weight is 445 g/mol. The number of ether oxygens (including phenoxy) is 2. The van der Waals surface area contributed by atoms with Crippen LogP contribution in [0.25, 0.3) is 0 Å². The molecule has 4 aliphatic rings. The second-order valence-corrected chi connectivity index (χ2v) is 14.3. The van der Waals surface area contributed by atoms with E-state index >= 15 is 0 Å². The van der Waals surface area contributed by atoms with Crippen molar-refractivity contribution in [3.8, 4) is 0 Å². The van der Waals surface area contributed by atoms with Crippen molar-refractivity contribution in [2.75, 3.05) is 11.5 Å². The van der Waals surface area contributed by atoms with E-state index in [1.165, 1.54) is 6.92 Å². The molecule has 0 N–H and O–H groups in total. The Hall–Kier alpha value is -0.860. The second-order valence-electron chi connectivity index (χ2n) is 9.88. The highest BCUT2D eigenvalue weighted by atomic mass is 32.2. The minimum atomic E-state index is -2.65. The van der Waals surface area contributed by atoms with Crippen molar-refractivity contribution in [1.82, 2.24) is 0 Å². The molecule has 29 heavy (non-hydrogen) atoms. The molecule has 8 heteroatoms. The number of fused-ring (bicyclic) bond motifs is 1. The minimum absolute atomic E-state index is 0.000588. The summed E-state index contributed by atoms with van der Waals surface area (Å²) in [4.78, 5) is 24.7. The third-order valence-electron chi connectivity index (χ3n) is 6.48. The Morgan fingerprint density at radius 2 is 2.07 bits per heavy atom. The van der Waals surface area contributed by atoms with E-state index in [0.29, 0.717) is 5.75 Å². The molecule has 6 unspecified atom stereocenters. The summed E-state index contributed by atoms with van der Waals surface area (Å²) in [5, 5.41) is 2.05. The van der Waals surface area contributed by atoms with Gasteiger partial charge >= 0.3 is 11.9 Å². The van der Waals surface area contributed by atoms with Crippen LogP contribution in [0.3, 0.4) is 0 Å². The maximum atomic E-state index is 14.1. The molecule has 2 bridgehead atoms. The molecule has 2 saturated carbocycles. The molecule has 0 aromatic rings. The monoisotopic (exact) mass is 444 g/mol. The average Bonchev–Trinajstić information content (AvgIpc) is 3.16. The van der Waals surface area contributed by atoms with Gasteiger partial charge in [0, 0.05) is 23.6 Å². The highest BCUT2D eigenvalue weighted by Gasteiger charge is 2.70. The Labute approximate surface area is 176 Å². The third-order valence-corrected chi connectivity index (χ3v) is 11.6. The van der Waals surface area contributed by atoms with Gasteiger partial charge < -0.3 is 9.47 Å². The van der Waals surface area contributed by atoms with Crippen LogP contribution < -0.4 is 0 Å². The van der Waals surface area contributed by atoms with Crippen LogP contribution in [-0.4, -0.2) is 60.4 Å². The van der Waals surface area contributed by atoms with Crippen LogP contribution in [0.4, 0.5) is 0 Å². The van der Waals surface area contributed by atoms with E-state index in [-0.39, 0.29) is 45.6 Å². The van der Waals surface area contributed by atoms with E-state index in [1.807, 2.05) is 27.7 Å². The first-order valence-electron chi connectivity index (χ1n) is 10.4. The van der Waals surface area contributed by atoms with Crippen LogP contribution in [0.5, 0.6) is 0 Å². The zero-order valence-electron chi connectivity index (χ0n) is 17.9. The fourth-order valence-corrected chi connectivity index (χ4v) is 11.3. The van der Waals surface area contributed by atoms with Gasteiger partial charge in [0.05, 0.1) is 20.8 Å². The summed E-state index contributed by atoms with van der Waals surface area (Å²) >= 11 is 0. The van der Waals surface area contributed by atoms with Gasteiger partial charge in [0.1, 0.15) is 17.3 Å². The first kappa shape index (κ1) is 21.4. The molecule has 0 radical (unpaired) electrons. The molecule has 4 rings (SSSR count). The minimum Gasteiger partial charge on any atom is -0.459 e. The van der Waals surface area contributed by atoms with Crippen LogP contribution in [-0.2, 0) is 33.0 Å². The van der Waals surface area contributed by atoms with Crippen LogP contribution >= 0.6 is 10.5 Å². The summed E-state index contributed by atoms with van der Waals surface area (Å²) in [5.41, 5.74) is -1.17. The Kier molecular flexibility index (Phi) is 5.23. The van der Waals surface area contributed by atoms with Gasteiger partial charge in [-0.3, -0.25) is 13.8 Å². The molecule has 2 aliphatic carbocycles. The lowest BCUT2D eigenvalue weighted by Gasteiger charge is -2.33. The molecule has 164 valence electrons. The zero-order valence-corrected chi connectivity index (χ0v) is 19.5. The first-order chi connectivity index (χ1) is 13.4. The Morgan fingerprint density at radius 3 is 2.72 bits per heavy atom. The number of rotatable bonds is 3. The Balaban J connectivity index is 1.63. The lowest BCUT2D eigenvalue weighted by molar-refractivity contribution is -0.160. The Morgan fingerprint density at radius 1 is 1.34 bits per heavy atom. The molecule has 2 heterocycles. The van der Waals surface area contributed by atoms with Gasteiger partial charge in [-0.2, -0.15) is 10.5 Å². The largest absolute Gasteiger partial charge is 0.459 e. The molecule has 6 nitrogen and oxygen atoms in total. The Bertz CT molecular complexity index is 891. The zero-order chi connectivity index (χ0) is 21.2. The highest BCUT2D eigenvalue weighted by molar-refractivity contribution is 8.18. The summed E-state index contributed by atoms with van der Waals surface area (Å²) < 4.78 is 31.6. The van der Waals surface area contributed by atoms with Crippen molar-refractivity contribution >= 4 is 42.5 Å². The SMILES string of the molecule is CC(=O)OC1C2CC3C(C2)S(=O)(=C2C=S(CC(=O)OC(C)(C)C)CCC2)O[C@]31C. The van der Waals surface area contributed by atoms with Crippen molar-refractivity contribution in [1.29, 1.82) is 0 Å². The molecule has 3 fully saturated rings. The molecule has 0 spiro atoms. The number of hydrogen-bond acceptors (Lipinski definition) is 6. The van der Waals surface area contributed by atoms with E-state index in [1.54, 1.807) is 0 Å². The van der Waals surface area contributed by atoms with Crippen molar-refractivity contribution in [2.45, 2.75) is 82.9 Å². The van der Waals surface area contributed by atoms with E-state index in [0.717, 1.165) is 36.3 Å². The van der Waals surface area contributed by atoms with Gasteiger partial charge in [-0.05, 0) is 64.5 Å². The predicted molar refractivity (Wildman–Crippen MR) is 117 cm³/mol. The quantitative estimate of drug-likeness (QED) is 0.492. The number of carbonyl (C=O) groups excluding carboxylic acids is 2. The van der Waals surface area contributed by atoms with Crippen molar-refractivity contribution in [2.24, 2.45) is 11.8 Å². The fraction of sp³-hybridized carbons (Fsp3) is 0.810. The van der Waals surface area contributed by atoms with Crippen molar-refractivity contribution in [3.63, 3.8) is 0 Å². The third kappa shape index (κ3) is 3.69. The van der Waals surface area contributed by atoms with Gasteiger partial charge in [-0.1, -0.05) is 0 Å². The molecule has 0 aromatic heterocycles. The van der Waals surface area contributed by atoms with Gasteiger partial charge in [0.15, 0.2) is 0 Å². The topological polar surface area (TPSA) is 78.9 Å². The van der Waals surface area contributed by atoms with Crippen molar-refractivity contribution in [3.05, 3.63) is 0 Å². The number of hydrogen-bond donors (Lipinski definition) is 0. The first-order valence-corrected chi connectivity index (χ1v) is 13.6. The molecular formula is C21H32O6S2. The van der Waals surface area contributed by atoms with Gasteiger partial charge in [-0.15, -0.1) is 0 Å². The maximum absolute atomic E-state index is 14.1. The van der Waals surface area contributed by atoms with E-state index < -0.39 is 21.0 Å². The molecular weight excluding hydrogens is 412 g/mol. The van der Waals surface area contributed by atoms with Crippen LogP contribution in [0.2, 0.25) is 0 Å². The molecule has 7 atom stereocenters. The van der Waals surface area contributed by atoms with Crippen molar-refractivity contribution < 1.29 is 27.5 Å². The highest BCUT2D eigenvalue weighted by Crippen LogP contribution is 2.61. The van der Waals surface area contributed by atoms with Gasteiger partial charge in [0.2, 0.25) is 0 Å². The van der Waals surface area contributed by atoms with E-state index in [9.17, 15) is 13.8 Å². The fourth-order valence-electron chi connectivity index (χ4n) is 5.57. The summed E-state index contributed by atoms with van der Waals surface area (Å²) in [7, 11) is -2.93. The molecule has 2 aliphatic heterocycles. The van der Waals surface area contributed by atoms with Crippen LogP contribution in [0.1, 0.15) is 60.3 Å². The lowest BCUT2D eigenvalue weighted by Crippen LogP contribution is -2.46. The molecule has 1 saturated heterocycles. The summed E-state index contributed by atoms with van der Waals surface area (Å²) in [6.07, 6.45) is 3.04. The normalized spacial score (nSPS) is 43.2. The van der Waals surface area contributed by atoms with Gasteiger partial charge in [0.25, 0.3) is 0 Å². The standard InChI is InChI=1S/C21H32O6S2/c1-13(22)25-19-14-9-16-17(10-14)29(24,27-21(16,19)5)15-7-6-8-28(11-15)12-18(23)26-20(2,3)4/h11,14,16-17,19H,6-10,12H2,1-5H3/t14?,16?,17?,19?,21-,28?,29?/m1/s1. The van der Waals surface area contributed by atoms with Gasteiger partial charge in [-0.25, -0.2) is 4.21 Å². The van der Waals surface area contributed by atoms with Crippen LogP contribution in [0.15, 0.2) is 0 Å². The smallest absolute Gasteiger partial charge is 0.315 e. The van der Waals surface area contributed by atoms with E-state index in [2.05, 4.69) is 5.37 Å². The maximum Gasteiger partial charge on any atom is 0.315 e.